The molecule has 0 fully saturated rings. The molecule has 7 rings (SSSR count). The van der Waals surface area contributed by atoms with Crippen molar-refractivity contribution in [1.29, 1.82) is 0 Å². The van der Waals surface area contributed by atoms with E-state index in [4.69, 9.17) is 18.3 Å². The molecule has 0 saturated heterocycles. The van der Waals surface area contributed by atoms with Crippen LogP contribution in [-0.4, -0.2) is 14.2 Å². The minimum Gasteiger partial charge on any atom is -0.540 e. The van der Waals surface area contributed by atoms with E-state index in [2.05, 4.69) is 0 Å². The average Bonchev–Trinajstić information content (AvgIpc) is 3.65. The second-order valence-corrected chi connectivity index (χ2v) is 10.5. The van der Waals surface area contributed by atoms with E-state index >= 15 is 0 Å². The van der Waals surface area contributed by atoms with Crippen LogP contribution in [0.1, 0.15) is 0 Å². The maximum Gasteiger partial charge on any atom is 0.275 e. The van der Waals surface area contributed by atoms with E-state index in [9.17, 15) is 10.2 Å². The highest BCUT2D eigenvalue weighted by molar-refractivity contribution is 5.66. The number of aromatic nitrogens is 2. The summed E-state index contributed by atoms with van der Waals surface area (Å²) in [6, 6.07) is 41.1. The minimum atomic E-state index is -0.471. The number of nitrogens with zero attached hydrogens (tertiary/aromatic N) is 2. The summed E-state index contributed by atoms with van der Waals surface area (Å²) in [4.78, 5) is 0. The largest absolute Gasteiger partial charge is 0.540 e. The third-order valence-electron chi connectivity index (χ3n) is 7.75. The highest BCUT2D eigenvalue weighted by atomic mass is 16.5. The Kier molecular flexibility index (Phi) is 7.44. The highest BCUT2D eigenvalue weighted by Crippen LogP contribution is 2.35. The van der Waals surface area contributed by atoms with Gasteiger partial charge in [-0.05, 0) is 72.8 Å². The summed E-state index contributed by atoms with van der Waals surface area (Å²) >= 11 is 0. The molecule has 5 aromatic carbocycles. The zero-order chi connectivity index (χ0) is 31.6. The first kappa shape index (κ1) is 28.5. The first-order valence-corrected chi connectivity index (χ1v) is 14.6. The van der Waals surface area contributed by atoms with E-state index in [1.807, 2.05) is 118 Å². The van der Waals surface area contributed by atoms with Crippen LogP contribution in [-0.2, 0) is 0 Å². The van der Waals surface area contributed by atoms with Crippen molar-refractivity contribution in [2.75, 3.05) is 14.2 Å². The van der Waals surface area contributed by atoms with Crippen LogP contribution in [0.2, 0.25) is 0 Å². The van der Waals surface area contributed by atoms with E-state index in [-0.39, 0.29) is 0 Å². The van der Waals surface area contributed by atoms with Gasteiger partial charge in [-0.3, -0.25) is 0 Å². The van der Waals surface area contributed by atoms with E-state index in [1.54, 1.807) is 38.5 Å². The van der Waals surface area contributed by atoms with Crippen molar-refractivity contribution in [2.24, 2.45) is 0 Å². The number of hydrogen-bond acceptors (Lipinski definition) is 6. The third-order valence-corrected chi connectivity index (χ3v) is 7.75. The standard InChI is InChI=1S/C38H28N2O6/c1-43-31-21-13-25(14-22-31)33-37(41)45-35(27-9-5-3-6-10-27)39(33)29-17-19-30(20-18-29)40-34(26-15-23-32(44-2)24-16-26)38(42)46-36(40)28-11-7-4-8-12-28/h3-24H,1-2H3. The van der Waals surface area contributed by atoms with E-state index < -0.39 is 11.9 Å². The van der Waals surface area contributed by atoms with Gasteiger partial charge in [0.25, 0.3) is 11.8 Å². The maximum absolute atomic E-state index is 13.4. The molecular formula is C38H28N2O6. The Labute approximate surface area is 265 Å². The summed E-state index contributed by atoms with van der Waals surface area (Å²) in [5, 5.41) is 26.8. The summed E-state index contributed by atoms with van der Waals surface area (Å²) in [5.74, 6) is 1.20. The van der Waals surface area contributed by atoms with Gasteiger partial charge in [0.05, 0.1) is 25.3 Å². The maximum atomic E-state index is 13.4. The predicted octanol–water partition coefficient (Wildman–Crippen LogP) is 6.26. The summed E-state index contributed by atoms with van der Waals surface area (Å²) in [6.45, 7) is 0. The fourth-order valence-corrected chi connectivity index (χ4v) is 5.52. The van der Waals surface area contributed by atoms with Crippen molar-refractivity contribution in [3.63, 3.8) is 0 Å². The zero-order valence-corrected chi connectivity index (χ0v) is 25.0. The van der Waals surface area contributed by atoms with Crippen molar-refractivity contribution >= 4 is 0 Å². The lowest BCUT2D eigenvalue weighted by molar-refractivity contribution is -0.580. The van der Waals surface area contributed by atoms with Crippen LogP contribution in [0, 0.1) is 0 Å². The van der Waals surface area contributed by atoms with Gasteiger partial charge in [0.1, 0.15) is 23.4 Å². The van der Waals surface area contributed by atoms with Gasteiger partial charge in [0.2, 0.25) is 22.8 Å². The number of ether oxygens (including phenoxy) is 2. The Morgan fingerprint density at radius 3 is 1.11 bits per heavy atom. The molecule has 0 unspecified atom stereocenters. The monoisotopic (exact) mass is 608 g/mol. The number of methoxy groups -OCH3 is 2. The average molecular weight is 609 g/mol. The number of oxazole rings is 2. The summed E-state index contributed by atoms with van der Waals surface area (Å²) in [6.07, 6.45) is 0. The molecule has 8 nitrogen and oxygen atoms in total. The lowest BCUT2D eigenvalue weighted by atomic mass is 10.1. The first-order chi connectivity index (χ1) is 22.6. The van der Waals surface area contributed by atoms with Crippen molar-refractivity contribution in [3.05, 3.63) is 133 Å². The summed E-state index contributed by atoms with van der Waals surface area (Å²) in [5.41, 5.74) is 4.97. The normalized spacial score (nSPS) is 11.0. The predicted molar refractivity (Wildman–Crippen MR) is 168 cm³/mol. The molecule has 0 radical (unpaired) electrons. The van der Waals surface area contributed by atoms with Gasteiger partial charge in [0.15, 0.2) is 0 Å². The van der Waals surface area contributed by atoms with Crippen molar-refractivity contribution in [3.8, 4) is 80.2 Å². The van der Waals surface area contributed by atoms with Crippen LogP contribution < -0.4 is 28.8 Å². The molecule has 0 aliphatic carbocycles. The Bertz CT molecular complexity index is 1950. The van der Waals surface area contributed by atoms with Crippen LogP contribution >= 0.6 is 0 Å². The Hall–Kier alpha value is -6.28. The summed E-state index contributed by atoms with van der Waals surface area (Å²) in [7, 11) is 3.19. The Morgan fingerprint density at radius 1 is 0.435 bits per heavy atom. The molecule has 2 heterocycles. The number of benzene rings is 5. The summed E-state index contributed by atoms with van der Waals surface area (Å²) < 4.78 is 26.1. The SMILES string of the molecule is COc1ccc(-c2c([O-])oc(-c3ccccc3)[n+]2-c2ccc(-[n+]3c(-c4ccccc4)oc([O-])c3-c3ccc(OC)cc3)cc2)cc1. The Balaban J connectivity index is 1.40. The molecule has 0 aliphatic rings. The van der Waals surface area contributed by atoms with E-state index in [0.29, 0.717) is 57.2 Å². The molecule has 0 N–H and O–H groups in total. The van der Waals surface area contributed by atoms with E-state index in [0.717, 1.165) is 11.1 Å². The second-order valence-electron chi connectivity index (χ2n) is 10.5. The van der Waals surface area contributed by atoms with Gasteiger partial charge in [-0.25, -0.2) is 0 Å². The molecule has 7 aromatic rings. The van der Waals surface area contributed by atoms with Crippen LogP contribution in [0.25, 0.3) is 56.8 Å². The molecule has 0 atom stereocenters. The minimum absolute atomic E-state index is 0.371. The lowest BCUT2D eigenvalue weighted by Gasteiger charge is -2.07. The van der Waals surface area contributed by atoms with Crippen molar-refractivity contribution in [2.45, 2.75) is 0 Å². The molecule has 0 spiro atoms. The van der Waals surface area contributed by atoms with E-state index in [1.165, 1.54) is 0 Å². The van der Waals surface area contributed by atoms with Gasteiger partial charge < -0.3 is 28.5 Å². The molecule has 8 heteroatoms. The topological polar surface area (TPSA) is 98.6 Å². The van der Waals surface area contributed by atoms with Crippen LogP contribution in [0.5, 0.6) is 23.4 Å². The molecule has 0 amide bonds. The fourth-order valence-electron chi connectivity index (χ4n) is 5.52. The lowest BCUT2D eigenvalue weighted by Crippen LogP contribution is -2.36. The molecular weight excluding hydrogens is 580 g/mol. The third kappa shape index (κ3) is 5.11. The molecule has 226 valence electrons. The van der Waals surface area contributed by atoms with Crippen LogP contribution in [0.4, 0.5) is 0 Å². The quantitative estimate of drug-likeness (QED) is 0.189. The van der Waals surface area contributed by atoms with Gasteiger partial charge in [-0.15, -0.1) is 9.13 Å². The molecule has 0 aliphatic heterocycles. The molecule has 46 heavy (non-hydrogen) atoms. The second kappa shape index (κ2) is 12.0. The zero-order valence-electron chi connectivity index (χ0n) is 25.0. The fraction of sp³-hybridized carbons (Fsp3) is 0.0526. The van der Waals surface area contributed by atoms with Gasteiger partial charge >= 0.3 is 0 Å². The number of rotatable bonds is 8. The Morgan fingerprint density at radius 2 is 0.783 bits per heavy atom. The van der Waals surface area contributed by atoms with Crippen molar-refractivity contribution < 1.29 is 37.7 Å². The number of hydrogen-bond donors (Lipinski definition) is 0. The van der Waals surface area contributed by atoms with Gasteiger partial charge in [0, 0.05) is 35.4 Å². The smallest absolute Gasteiger partial charge is 0.275 e. The highest BCUT2D eigenvalue weighted by Gasteiger charge is 2.30. The van der Waals surface area contributed by atoms with Gasteiger partial charge in [-0.2, -0.15) is 0 Å². The first-order valence-electron chi connectivity index (χ1n) is 14.6. The van der Waals surface area contributed by atoms with Gasteiger partial charge in [-0.1, -0.05) is 36.4 Å². The van der Waals surface area contributed by atoms with Crippen LogP contribution in [0.3, 0.4) is 0 Å². The van der Waals surface area contributed by atoms with Crippen LogP contribution in [0.15, 0.2) is 142 Å². The van der Waals surface area contributed by atoms with Crippen molar-refractivity contribution in [1.82, 2.24) is 0 Å². The molecule has 0 saturated carbocycles. The molecule has 0 bridgehead atoms. The molecule has 2 aromatic heterocycles.